The number of ether oxygens (including phenoxy) is 2. The van der Waals surface area contributed by atoms with E-state index in [1.807, 2.05) is 13.8 Å². The van der Waals surface area contributed by atoms with Gasteiger partial charge in [0.05, 0.1) is 32.3 Å². The molecular formula is C134H220O2Si8. The van der Waals surface area contributed by atoms with Crippen LogP contribution in [0.15, 0.2) is 218 Å². The minimum atomic E-state index is -1.73. The summed E-state index contributed by atoms with van der Waals surface area (Å²) in [7, 11) is -7.41. The van der Waals surface area contributed by atoms with Crippen LogP contribution in [0.25, 0.3) is 22.3 Å². The van der Waals surface area contributed by atoms with Crippen LogP contribution in [-0.4, -0.2) is 92.0 Å². The smallest absolute Gasteiger partial charge is 0.122 e. The van der Waals surface area contributed by atoms with E-state index in [9.17, 15) is 0 Å². The van der Waals surface area contributed by atoms with Crippen molar-refractivity contribution in [2.24, 2.45) is 0 Å². The van der Waals surface area contributed by atoms with E-state index >= 15 is 0 Å². The summed E-state index contributed by atoms with van der Waals surface area (Å²) < 4.78 is 9.08. The molecule has 800 valence electrons. The third kappa shape index (κ3) is 27.4. The van der Waals surface area contributed by atoms with Crippen LogP contribution in [0.1, 0.15) is 381 Å². The van der Waals surface area contributed by atoms with Crippen LogP contribution in [0.4, 0.5) is 0 Å². The number of benzene rings is 8. The fraction of sp³-hybridized carbons (Fsp3) is 0.642. The van der Waals surface area contributed by atoms with Gasteiger partial charge in [0.1, 0.15) is 32.3 Å². The number of hydrogen-bond donors (Lipinski definition) is 0. The zero-order valence-corrected chi connectivity index (χ0v) is 108. The summed E-state index contributed by atoms with van der Waals surface area (Å²) in [5.41, 5.74) is 9.81. The lowest BCUT2D eigenvalue weighted by Gasteiger charge is -2.53. The van der Waals surface area contributed by atoms with Crippen LogP contribution in [0.3, 0.4) is 0 Å². The molecule has 10 aliphatic rings. The summed E-state index contributed by atoms with van der Waals surface area (Å²) in [5, 5.41) is 18.1. The van der Waals surface area contributed by atoms with Gasteiger partial charge in [-0.3, -0.25) is 0 Å². The second-order valence-electron chi connectivity index (χ2n) is 54.0. The van der Waals surface area contributed by atoms with E-state index in [1.54, 1.807) is 55.7 Å². The molecule has 0 spiro atoms. The van der Waals surface area contributed by atoms with Gasteiger partial charge in [0, 0.05) is 27.4 Å². The molecule has 0 saturated heterocycles. The van der Waals surface area contributed by atoms with Crippen LogP contribution in [0, 0.1) is 0 Å². The minimum Gasteiger partial charge on any atom is -0.385 e. The second-order valence-corrected chi connectivity index (χ2v) is 95.8. The highest BCUT2D eigenvalue weighted by Gasteiger charge is 2.58. The second kappa shape index (κ2) is 54.3. The van der Waals surface area contributed by atoms with Gasteiger partial charge in [-0.2, -0.15) is 0 Å². The number of fused-ring (bicyclic) bond motifs is 6. The molecule has 10 heteroatoms. The first-order valence-corrected chi connectivity index (χ1v) is 82.0. The molecule has 8 aliphatic carbocycles. The van der Waals surface area contributed by atoms with Crippen LogP contribution in [0.5, 0.6) is 0 Å². The van der Waals surface area contributed by atoms with Gasteiger partial charge in [-0.25, -0.2) is 0 Å². The van der Waals surface area contributed by atoms with Gasteiger partial charge < -0.3 is 9.47 Å². The molecule has 0 unspecified atom stereocenters. The summed E-state index contributed by atoms with van der Waals surface area (Å²) in [6.45, 7) is 77.0. The molecule has 18 rings (SSSR count). The van der Waals surface area contributed by atoms with E-state index in [0.29, 0.717) is 30.2 Å². The molecule has 0 bridgehead atoms. The van der Waals surface area contributed by atoms with Gasteiger partial charge in [0.2, 0.25) is 0 Å². The van der Waals surface area contributed by atoms with Crippen molar-refractivity contribution >= 4 is 106 Å². The normalized spacial score (nSPS) is 20.6. The average molecular weight is 2090 g/mol. The van der Waals surface area contributed by atoms with Crippen molar-refractivity contribution in [2.75, 3.05) is 27.4 Å². The maximum atomic E-state index is 4.54. The maximum absolute atomic E-state index is 4.54. The Kier molecular flexibility index (Phi) is 46.3. The van der Waals surface area contributed by atoms with E-state index < -0.39 is 64.6 Å². The van der Waals surface area contributed by atoms with Gasteiger partial charge in [0.15, 0.2) is 0 Å². The minimum absolute atomic E-state index is 0.480. The van der Waals surface area contributed by atoms with Crippen LogP contribution in [-0.2, 0) is 9.47 Å². The van der Waals surface area contributed by atoms with Gasteiger partial charge in [-0.05, 0) is 149 Å². The fourth-order valence-corrected chi connectivity index (χ4v) is 65.4. The van der Waals surface area contributed by atoms with E-state index in [2.05, 4.69) is 417 Å². The zero-order valence-electron chi connectivity index (χ0n) is 99.6. The fourth-order valence-electron chi connectivity index (χ4n) is 30.4. The predicted molar refractivity (Wildman–Crippen MR) is 670 cm³/mol. The van der Waals surface area contributed by atoms with Crippen LogP contribution in [0.2, 0.25) is 141 Å². The molecule has 8 fully saturated rings. The summed E-state index contributed by atoms with van der Waals surface area (Å²) in [6.07, 6.45) is 58.1. The Hall–Kier alpha value is -4.58. The van der Waals surface area contributed by atoms with Crippen molar-refractivity contribution in [3.05, 3.63) is 218 Å². The number of hydrogen-bond acceptors (Lipinski definition) is 2. The van der Waals surface area contributed by atoms with Gasteiger partial charge in [-0.15, -0.1) is 0 Å². The Morgan fingerprint density at radius 1 is 0.222 bits per heavy atom. The van der Waals surface area contributed by atoms with Gasteiger partial charge >= 0.3 is 0 Å². The monoisotopic (exact) mass is 2090 g/mol. The van der Waals surface area contributed by atoms with Gasteiger partial charge in [-0.1, -0.05) is 656 Å². The molecule has 0 N–H and O–H groups in total. The molecule has 0 atom stereocenters. The van der Waals surface area contributed by atoms with E-state index in [1.165, 1.54) is 279 Å². The summed E-state index contributed by atoms with van der Waals surface area (Å²) >= 11 is 0. The van der Waals surface area contributed by atoms with Crippen LogP contribution < -0.4 is 41.5 Å². The molecule has 8 aromatic carbocycles. The maximum Gasteiger partial charge on any atom is 0.122 e. The Morgan fingerprint density at radius 3 is 0.535 bits per heavy atom. The quantitative estimate of drug-likeness (QED) is 0.0797. The lowest BCUT2D eigenvalue weighted by molar-refractivity contribution is 0.215. The number of rotatable bonds is 18. The van der Waals surface area contributed by atoms with Crippen molar-refractivity contribution < 1.29 is 9.47 Å². The molecule has 2 heterocycles. The Labute approximate surface area is 898 Å². The van der Waals surface area contributed by atoms with Crippen LogP contribution >= 0.6 is 0 Å². The first-order chi connectivity index (χ1) is 68.1. The highest BCUT2D eigenvalue weighted by atomic mass is 28.3. The highest BCUT2D eigenvalue weighted by molar-refractivity contribution is 7.08. The Morgan fingerprint density at radius 2 is 0.375 bits per heavy atom. The molecule has 8 aromatic rings. The average Bonchev–Trinajstić information content (AvgIpc) is 1.55. The van der Waals surface area contributed by atoms with Crippen molar-refractivity contribution in [3.63, 3.8) is 0 Å². The van der Waals surface area contributed by atoms with Crippen molar-refractivity contribution in [1.82, 2.24) is 0 Å². The van der Waals surface area contributed by atoms with Gasteiger partial charge in [0.25, 0.3) is 0 Å². The van der Waals surface area contributed by atoms with E-state index in [-0.39, 0.29) is 0 Å². The SMILES string of the molecule is CC(C)[Si](C)(C(C)C)C1(C)CCCCC1.CC(C)[Si](C)(C(C)C)C1(C)CCCCC1.CC1([Si](C)(C)C)CCCCC1.CC1([Si](C)(C)C)CCCCC1.CC1([Si](C)(c2ccccc2)c2ccccc2)CCCCC1.CC1([Si](C)(c2ccccc2)c2ccccc2)CCCCC1.CC1([Si]2(C)c3ccccc3-c3ccccc32)CCCCC1.CC1([Si]2(C)c3ccccc3-c3ccccc32)CCCCC1.CCOC.CCOC. The molecule has 0 aromatic heterocycles. The lowest BCUT2D eigenvalue weighted by Crippen LogP contribution is -2.63. The molecule has 0 amide bonds. The lowest BCUT2D eigenvalue weighted by atomic mass is 9.90. The molecule has 2 nitrogen and oxygen atoms in total. The molecule has 2 aliphatic heterocycles. The first-order valence-electron chi connectivity index (χ1n) is 59.7. The summed E-state index contributed by atoms with van der Waals surface area (Å²) in [5.74, 6) is 0. The van der Waals surface area contributed by atoms with E-state index in [4.69, 9.17) is 0 Å². The molecule has 8 saturated carbocycles. The highest BCUT2D eigenvalue weighted by Crippen LogP contribution is 2.62. The molecule has 144 heavy (non-hydrogen) atoms. The predicted octanol–water partition coefficient (Wildman–Crippen LogP) is 39.0. The van der Waals surface area contributed by atoms with Crippen molar-refractivity contribution in [3.8, 4) is 22.3 Å². The van der Waals surface area contributed by atoms with Crippen molar-refractivity contribution in [1.29, 1.82) is 0 Å². The first kappa shape index (κ1) is 123. The van der Waals surface area contributed by atoms with Crippen molar-refractivity contribution in [2.45, 2.75) is 522 Å². The molecule has 0 radical (unpaired) electrons. The summed E-state index contributed by atoms with van der Waals surface area (Å²) in [4.78, 5) is 0. The Balaban J connectivity index is 0.000000183. The van der Waals surface area contributed by atoms with E-state index in [0.717, 1.165) is 45.5 Å². The number of methoxy groups -OCH3 is 2. The Bertz CT molecular complexity index is 4430. The third-order valence-electron chi connectivity index (χ3n) is 43.9. The molecular weight excluding hydrogens is 1870 g/mol. The zero-order chi connectivity index (χ0) is 106. The standard InChI is InChI=1S/2C20H24Si.2C20H26Si.2C14H30Si.2C10H22Si.2C3H8O/c2*1-20(14-8-3-9-15-20)21(2)18-12-6-4-10-16(18)17-11-5-7-13-19(17)21;2*1-20(16-10-5-11-17-20)21(2,18-12-6-3-7-13-18)19-14-8-4-9-15-19;2*1-12(2)15(6,13(3)4)14(5)10-8-7-9-11-14;2*1-10(11(2,3)4)8-6-5-7-9-10;2*1-3-4-2/h2*4-7,10-13H,3,8-9,14-15H2,1-2H3;2*3-4,6-9,12-15H,5,10-11,16-17H2,1-2H3;2*12-13H,7-11H2,1-6H3;2*5-9H2,1-4H3;2*3H2,1-2H3. The summed E-state index contributed by atoms with van der Waals surface area (Å²) in [6, 6.07) is 82.3. The largest absolute Gasteiger partial charge is 0.385 e. The third-order valence-corrected chi connectivity index (χ3v) is 91.6. The topological polar surface area (TPSA) is 18.5 Å².